The van der Waals surface area contributed by atoms with Gasteiger partial charge in [0.1, 0.15) is 6.61 Å². The van der Waals surface area contributed by atoms with Gasteiger partial charge in [0.25, 0.3) is 5.56 Å². The fourth-order valence-electron chi connectivity index (χ4n) is 6.57. The Labute approximate surface area is 273 Å². The van der Waals surface area contributed by atoms with E-state index in [1.165, 1.54) is 83.5 Å². The zero-order valence-corrected chi connectivity index (χ0v) is 27.8. The molecule has 1 atom stereocenters. The Kier molecular flexibility index (Phi) is 13.4. The van der Waals surface area contributed by atoms with E-state index in [0.29, 0.717) is 29.8 Å². The lowest BCUT2D eigenvalue weighted by molar-refractivity contribution is -0.172. The Morgan fingerprint density at radius 1 is 0.870 bits per heavy atom. The van der Waals surface area contributed by atoms with Crippen LogP contribution in [0.25, 0.3) is 22.3 Å². The van der Waals surface area contributed by atoms with Crippen molar-refractivity contribution < 1.29 is 24.5 Å². The first-order chi connectivity index (χ1) is 22.3. The monoisotopic (exact) mass is 632 g/mol. The van der Waals surface area contributed by atoms with Crippen LogP contribution in [0.2, 0.25) is 0 Å². The highest BCUT2D eigenvalue weighted by molar-refractivity contribution is 5.86. The second-order valence-electron chi connectivity index (χ2n) is 12.9. The Hall–Kier alpha value is -3.52. The molecule has 0 radical (unpaired) electrons. The van der Waals surface area contributed by atoms with Gasteiger partial charge in [-0.05, 0) is 31.0 Å². The van der Waals surface area contributed by atoms with Crippen LogP contribution in [-0.2, 0) is 33.1 Å². The molecule has 0 saturated carbocycles. The zero-order valence-electron chi connectivity index (χ0n) is 27.8. The van der Waals surface area contributed by atoms with Crippen molar-refractivity contribution >= 4 is 22.8 Å². The van der Waals surface area contributed by atoms with Gasteiger partial charge in [-0.15, -0.1) is 0 Å². The second-order valence-corrected chi connectivity index (χ2v) is 12.9. The number of carboxylic acid groups (broad SMARTS) is 1. The predicted octanol–water partition coefficient (Wildman–Crippen LogP) is 8.41. The summed E-state index contributed by atoms with van der Waals surface area (Å²) in [6.45, 7) is 4.28. The SMILES string of the molecule is CCCCCCCCCCCCCCCCCC(=O)O.CC[C@@]1(O)C(=O)OCc2c1cc1n(c2=O)Cc2cc3ccccc3nc2-1. The van der Waals surface area contributed by atoms with Crippen molar-refractivity contribution in [2.24, 2.45) is 0 Å². The van der Waals surface area contributed by atoms with Gasteiger partial charge in [-0.1, -0.05) is 122 Å². The maximum atomic E-state index is 13.0. The molecule has 0 bridgehead atoms. The minimum atomic E-state index is -1.79. The van der Waals surface area contributed by atoms with Crippen molar-refractivity contribution in [2.45, 2.75) is 142 Å². The van der Waals surface area contributed by atoms with Gasteiger partial charge in [-0.2, -0.15) is 0 Å². The van der Waals surface area contributed by atoms with Gasteiger partial charge >= 0.3 is 11.9 Å². The van der Waals surface area contributed by atoms with Gasteiger partial charge in [-0.3, -0.25) is 9.59 Å². The van der Waals surface area contributed by atoms with Crippen molar-refractivity contribution in [3.8, 4) is 11.4 Å². The molecule has 5 rings (SSSR count). The molecule has 3 aromatic rings. The number of esters is 1. The number of cyclic esters (lactones) is 1. The van der Waals surface area contributed by atoms with Crippen LogP contribution in [0.1, 0.15) is 140 Å². The number of hydrogen-bond donors (Lipinski definition) is 2. The average molecular weight is 633 g/mol. The van der Waals surface area contributed by atoms with Crippen LogP contribution >= 0.6 is 0 Å². The lowest BCUT2D eigenvalue weighted by Crippen LogP contribution is -2.44. The Morgan fingerprint density at radius 2 is 1.46 bits per heavy atom. The highest BCUT2D eigenvalue weighted by Crippen LogP contribution is 2.38. The summed E-state index contributed by atoms with van der Waals surface area (Å²) in [7, 11) is 0. The number of rotatable bonds is 17. The van der Waals surface area contributed by atoms with E-state index in [9.17, 15) is 19.5 Å². The van der Waals surface area contributed by atoms with E-state index in [1.807, 2.05) is 30.3 Å². The molecule has 2 aliphatic rings. The molecule has 46 heavy (non-hydrogen) atoms. The van der Waals surface area contributed by atoms with E-state index in [-0.39, 0.29) is 18.6 Å². The number of unbranched alkanes of at least 4 members (excludes halogenated alkanes) is 14. The molecular formula is C38H52N2O6. The Morgan fingerprint density at radius 3 is 2.04 bits per heavy atom. The van der Waals surface area contributed by atoms with Crippen LogP contribution in [0.3, 0.4) is 0 Å². The van der Waals surface area contributed by atoms with E-state index in [2.05, 4.69) is 6.92 Å². The lowest BCUT2D eigenvalue weighted by Gasteiger charge is -2.31. The summed E-state index contributed by atoms with van der Waals surface area (Å²) in [5, 5.41) is 20.4. The number of benzene rings is 1. The molecule has 0 spiro atoms. The van der Waals surface area contributed by atoms with Crippen molar-refractivity contribution in [3.05, 3.63) is 63.4 Å². The molecular weight excluding hydrogens is 580 g/mol. The summed E-state index contributed by atoms with van der Waals surface area (Å²) in [5.41, 5.74) is 1.81. The number of hydrogen-bond acceptors (Lipinski definition) is 6. The summed E-state index contributed by atoms with van der Waals surface area (Å²) in [6.07, 6.45) is 20.3. The molecule has 0 saturated heterocycles. The van der Waals surface area contributed by atoms with Crippen LogP contribution < -0.4 is 5.56 Å². The first kappa shape index (κ1) is 35.3. The Balaban J connectivity index is 0.000000219. The quantitative estimate of drug-likeness (QED) is 0.0886. The van der Waals surface area contributed by atoms with Crippen LogP contribution in [0.15, 0.2) is 41.2 Å². The highest BCUT2D eigenvalue weighted by Gasteiger charge is 2.45. The number of carbonyl (C=O) groups excluding carboxylic acids is 1. The molecule has 0 aliphatic carbocycles. The number of aliphatic hydroxyl groups is 1. The summed E-state index contributed by atoms with van der Waals surface area (Å²) >= 11 is 0. The summed E-state index contributed by atoms with van der Waals surface area (Å²) in [5.74, 6) is -1.36. The normalized spacial score (nSPS) is 16.3. The molecule has 0 unspecified atom stereocenters. The topological polar surface area (TPSA) is 119 Å². The van der Waals surface area contributed by atoms with E-state index in [4.69, 9.17) is 14.8 Å². The molecule has 2 aliphatic heterocycles. The fourth-order valence-corrected chi connectivity index (χ4v) is 6.57. The van der Waals surface area contributed by atoms with Gasteiger partial charge in [0, 0.05) is 22.9 Å². The maximum Gasteiger partial charge on any atom is 0.343 e. The standard InChI is InChI=1S/C20H16N2O4.C18H36O2/c1-2-20(25)14-8-16-17-12(7-11-5-3-4-6-15(11)21-17)9-22(16)18(23)13(14)10-26-19(20)24;1-2-3-4-5-6-7-8-9-10-11-12-13-14-15-16-17-18(19)20/h3-8,25H,2,9-10H2,1H3;2-17H2,1H3,(H,19,20)/t20-;/m0./s1. The number of carboxylic acids is 1. The minimum Gasteiger partial charge on any atom is -0.481 e. The summed E-state index contributed by atoms with van der Waals surface area (Å²) < 4.78 is 6.72. The van der Waals surface area contributed by atoms with E-state index < -0.39 is 17.5 Å². The van der Waals surface area contributed by atoms with Crippen molar-refractivity contribution in [3.63, 3.8) is 0 Å². The first-order valence-electron chi connectivity index (χ1n) is 17.6. The van der Waals surface area contributed by atoms with Gasteiger partial charge in [0.05, 0.1) is 29.0 Å². The molecule has 8 heteroatoms. The minimum absolute atomic E-state index is 0.110. The van der Waals surface area contributed by atoms with E-state index in [0.717, 1.165) is 35.0 Å². The van der Waals surface area contributed by atoms with E-state index in [1.54, 1.807) is 17.6 Å². The van der Waals surface area contributed by atoms with Crippen molar-refractivity contribution in [1.82, 2.24) is 9.55 Å². The van der Waals surface area contributed by atoms with Gasteiger partial charge < -0.3 is 19.5 Å². The third-order valence-electron chi connectivity index (χ3n) is 9.41. The number of nitrogens with zero attached hydrogens (tertiary/aromatic N) is 2. The second kappa shape index (κ2) is 17.4. The maximum absolute atomic E-state index is 13.0. The number of aliphatic carboxylic acids is 1. The third-order valence-corrected chi connectivity index (χ3v) is 9.41. The molecule has 8 nitrogen and oxygen atoms in total. The number of aromatic nitrogens is 2. The molecule has 2 N–H and O–H groups in total. The van der Waals surface area contributed by atoms with Crippen LogP contribution in [0.4, 0.5) is 0 Å². The smallest absolute Gasteiger partial charge is 0.343 e. The number of fused-ring (bicyclic) bond motifs is 5. The largest absolute Gasteiger partial charge is 0.481 e. The average Bonchev–Trinajstić information content (AvgIpc) is 3.41. The zero-order chi connectivity index (χ0) is 32.9. The van der Waals surface area contributed by atoms with E-state index >= 15 is 0 Å². The van der Waals surface area contributed by atoms with Gasteiger partial charge in [-0.25, -0.2) is 9.78 Å². The van der Waals surface area contributed by atoms with Crippen LogP contribution in [0.5, 0.6) is 0 Å². The lowest BCUT2D eigenvalue weighted by atomic mass is 9.86. The predicted molar refractivity (Wildman–Crippen MR) is 182 cm³/mol. The highest BCUT2D eigenvalue weighted by atomic mass is 16.6. The van der Waals surface area contributed by atoms with Crippen molar-refractivity contribution in [2.75, 3.05) is 0 Å². The number of ether oxygens (including phenoxy) is 1. The fraction of sp³-hybridized carbons (Fsp3) is 0.579. The van der Waals surface area contributed by atoms with Crippen molar-refractivity contribution in [1.29, 1.82) is 0 Å². The molecule has 0 amide bonds. The van der Waals surface area contributed by atoms with Gasteiger partial charge in [0.15, 0.2) is 5.60 Å². The van der Waals surface area contributed by atoms with Gasteiger partial charge in [0.2, 0.25) is 0 Å². The molecule has 250 valence electrons. The molecule has 0 fully saturated rings. The van der Waals surface area contributed by atoms with Crippen LogP contribution in [-0.4, -0.2) is 31.7 Å². The number of pyridine rings is 2. The Bertz CT molecular complexity index is 1530. The summed E-state index contributed by atoms with van der Waals surface area (Å²) in [6, 6.07) is 11.6. The third kappa shape index (κ3) is 8.84. The molecule has 4 heterocycles. The summed E-state index contributed by atoms with van der Waals surface area (Å²) in [4.78, 5) is 40.2. The first-order valence-corrected chi connectivity index (χ1v) is 17.6. The van der Waals surface area contributed by atoms with Crippen LogP contribution in [0, 0.1) is 0 Å². The number of para-hydroxylation sites is 1. The molecule has 2 aromatic heterocycles. The molecule has 1 aromatic carbocycles. The number of carbonyl (C=O) groups is 2.